The molecule has 0 atom stereocenters. The molecule has 1 fully saturated rings. The summed E-state index contributed by atoms with van der Waals surface area (Å²) in [4.78, 5) is 29.3. The van der Waals surface area contributed by atoms with Gasteiger partial charge in [0.05, 0.1) is 22.3 Å². The molecule has 0 aliphatic carbocycles. The Morgan fingerprint density at radius 3 is 2.64 bits per heavy atom. The van der Waals surface area contributed by atoms with Crippen LogP contribution >= 0.6 is 11.3 Å². The van der Waals surface area contributed by atoms with E-state index in [0.717, 1.165) is 46.1 Å². The molecule has 1 saturated heterocycles. The van der Waals surface area contributed by atoms with Gasteiger partial charge in [-0.15, -0.1) is 11.3 Å². The third-order valence-electron chi connectivity index (χ3n) is 5.80. The molecule has 4 heterocycles. The first-order chi connectivity index (χ1) is 16.0. The fraction of sp³-hybridized carbons (Fsp3) is 0.261. The largest absolute Gasteiger partial charge is 0.433 e. The lowest BCUT2D eigenvalue weighted by Gasteiger charge is -2.30. The third kappa shape index (κ3) is 4.05. The normalized spacial score (nSPS) is 14.5. The van der Waals surface area contributed by atoms with Gasteiger partial charge in [-0.05, 0) is 25.8 Å². The Morgan fingerprint density at radius 2 is 1.94 bits per heavy atom. The Hall–Kier alpha value is -3.79. The van der Waals surface area contributed by atoms with Gasteiger partial charge < -0.3 is 13.8 Å². The van der Waals surface area contributed by atoms with Gasteiger partial charge in [0.1, 0.15) is 16.4 Å². The topological polar surface area (TPSA) is 116 Å². The van der Waals surface area contributed by atoms with Crippen LogP contribution in [0.2, 0.25) is 0 Å². The van der Waals surface area contributed by atoms with Gasteiger partial charge in [-0.3, -0.25) is 14.9 Å². The number of piperidine rings is 1. The zero-order valence-electron chi connectivity index (χ0n) is 17.8. The smallest absolute Gasteiger partial charge is 0.395 e. The molecule has 5 rings (SSSR count). The van der Waals surface area contributed by atoms with Crippen LogP contribution in [0, 0.1) is 17.0 Å². The van der Waals surface area contributed by atoms with Crippen molar-refractivity contribution in [3.63, 3.8) is 0 Å². The van der Waals surface area contributed by atoms with E-state index in [1.54, 1.807) is 16.2 Å². The first-order valence-corrected chi connectivity index (χ1v) is 11.4. The highest BCUT2D eigenvalue weighted by molar-refractivity contribution is 7.10. The molecule has 3 aromatic heterocycles. The average molecular weight is 465 g/mol. The summed E-state index contributed by atoms with van der Waals surface area (Å²) in [6.45, 7) is 2.96. The Morgan fingerprint density at radius 1 is 1.18 bits per heavy atom. The SMILES string of the molecule is Cc1onc(-c2ccccc2)c1-c1csc(C2CCN(C(=O)c3ccc([N+](=O)[O-])o3)CC2)n1. The van der Waals surface area contributed by atoms with Crippen LogP contribution in [0.3, 0.4) is 0 Å². The number of hydrogen-bond donors (Lipinski definition) is 0. The molecule has 1 aromatic carbocycles. The molecule has 168 valence electrons. The van der Waals surface area contributed by atoms with Crippen molar-refractivity contribution in [2.24, 2.45) is 0 Å². The molecule has 1 aliphatic rings. The van der Waals surface area contributed by atoms with Gasteiger partial charge in [0.2, 0.25) is 0 Å². The van der Waals surface area contributed by atoms with E-state index in [1.165, 1.54) is 12.1 Å². The third-order valence-corrected chi connectivity index (χ3v) is 6.81. The van der Waals surface area contributed by atoms with Gasteiger partial charge >= 0.3 is 5.88 Å². The monoisotopic (exact) mass is 464 g/mol. The number of benzene rings is 1. The standard InChI is InChI=1S/C23H20N4O5S/c1-14-20(21(25-32-14)15-5-3-2-4-6-15)17-13-33-22(24-17)16-9-11-26(12-10-16)23(28)18-7-8-19(31-18)27(29)30/h2-8,13,16H,9-12H2,1H3. The second kappa shape index (κ2) is 8.62. The van der Waals surface area contributed by atoms with Crippen molar-refractivity contribution in [1.82, 2.24) is 15.0 Å². The zero-order chi connectivity index (χ0) is 22.9. The Labute approximate surface area is 192 Å². The van der Waals surface area contributed by atoms with Crippen molar-refractivity contribution in [1.29, 1.82) is 0 Å². The minimum absolute atomic E-state index is 0.00643. The predicted octanol–water partition coefficient (Wildman–Crippen LogP) is 5.29. The van der Waals surface area contributed by atoms with Gasteiger partial charge in [0, 0.05) is 30.0 Å². The van der Waals surface area contributed by atoms with Crippen molar-refractivity contribution in [2.45, 2.75) is 25.7 Å². The molecule has 33 heavy (non-hydrogen) atoms. The molecule has 0 bridgehead atoms. The number of aryl methyl sites for hydroxylation is 1. The number of aromatic nitrogens is 2. The van der Waals surface area contributed by atoms with Crippen LogP contribution < -0.4 is 0 Å². The van der Waals surface area contributed by atoms with E-state index in [-0.39, 0.29) is 17.6 Å². The number of rotatable bonds is 5. The number of amides is 1. The molecular weight excluding hydrogens is 444 g/mol. The van der Waals surface area contributed by atoms with Crippen LogP contribution in [0.4, 0.5) is 5.88 Å². The predicted molar refractivity (Wildman–Crippen MR) is 121 cm³/mol. The number of likely N-dealkylation sites (tertiary alicyclic amines) is 1. The van der Waals surface area contributed by atoms with E-state index in [4.69, 9.17) is 13.9 Å². The number of nitro groups is 1. The van der Waals surface area contributed by atoms with E-state index >= 15 is 0 Å². The van der Waals surface area contributed by atoms with Crippen LogP contribution in [-0.4, -0.2) is 39.0 Å². The van der Waals surface area contributed by atoms with Crippen molar-refractivity contribution in [3.05, 3.63) is 74.5 Å². The number of carbonyl (C=O) groups excluding carboxylic acids is 1. The van der Waals surface area contributed by atoms with Crippen LogP contribution in [-0.2, 0) is 0 Å². The summed E-state index contributed by atoms with van der Waals surface area (Å²) >= 11 is 1.60. The first kappa shape index (κ1) is 21.1. The Balaban J connectivity index is 1.29. The number of thiazole rings is 1. The fourth-order valence-electron chi connectivity index (χ4n) is 4.08. The Kier molecular flexibility index (Phi) is 5.51. The molecule has 0 spiro atoms. The average Bonchev–Trinajstić information content (AvgIpc) is 3.59. The highest BCUT2D eigenvalue weighted by Gasteiger charge is 2.29. The fourth-order valence-corrected chi connectivity index (χ4v) is 5.07. The Bertz CT molecular complexity index is 1300. The number of carbonyl (C=O) groups is 1. The summed E-state index contributed by atoms with van der Waals surface area (Å²) in [6, 6.07) is 12.4. The van der Waals surface area contributed by atoms with E-state index in [0.29, 0.717) is 13.1 Å². The molecule has 0 saturated carbocycles. The van der Waals surface area contributed by atoms with Crippen LogP contribution in [0.5, 0.6) is 0 Å². The van der Waals surface area contributed by atoms with Gasteiger partial charge in [0.15, 0.2) is 5.76 Å². The van der Waals surface area contributed by atoms with Crippen molar-refractivity contribution in [3.8, 4) is 22.5 Å². The van der Waals surface area contributed by atoms with Crippen molar-refractivity contribution < 1.29 is 18.7 Å². The van der Waals surface area contributed by atoms with Gasteiger partial charge in [-0.2, -0.15) is 0 Å². The molecule has 0 N–H and O–H groups in total. The lowest BCUT2D eigenvalue weighted by Crippen LogP contribution is -2.37. The molecular formula is C23H20N4O5S. The molecule has 1 aliphatic heterocycles. The highest BCUT2D eigenvalue weighted by atomic mass is 32.1. The highest BCUT2D eigenvalue weighted by Crippen LogP contribution is 2.38. The lowest BCUT2D eigenvalue weighted by atomic mass is 9.97. The second-order valence-corrected chi connectivity index (χ2v) is 8.75. The second-order valence-electron chi connectivity index (χ2n) is 7.86. The van der Waals surface area contributed by atoms with Crippen molar-refractivity contribution >= 4 is 23.1 Å². The van der Waals surface area contributed by atoms with Crippen LogP contribution in [0.15, 0.2) is 56.8 Å². The maximum absolute atomic E-state index is 12.6. The molecule has 10 heteroatoms. The molecule has 9 nitrogen and oxygen atoms in total. The van der Waals surface area contributed by atoms with E-state index in [1.807, 2.05) is 42.6 Å². The first-order valence-electron chi connectivity index (χ1n) is 10.5. The summed E-state index contributed by atoms with van der Waals surface area (Å²) < 4.78 is 10.5. The number of furan rings is 1. The van der Waals surface area contributed by atoms with E-state index < -0.39 is 10.8 Å². The van der Waals surface area contributed by atoms with Crippen LogP contribution in [0.1, 0.15) is 40.1 Å². The van der Waals surface area contributed by atoms with Crippen molar-refractivity contribution in [2.75, 3.05) is 13.1 Å². The summed E-state index contributed by atoms with van der Waals surface area (Å²) in [5.74, 6) is 0.197. The zero-order valence-corrected chi connectivity index (χ0v) is 18.6. The van der Waals surface area contributed by atoms with Gasteiger partial charge in [-0.25, -0.2) is 4.98 Å². The molecule has 4 aromatic rings. The minimum atomic E-state index is -0.649. The molecule has 1 amide bonds. The molecule has 0 unspecified atom stereocenters. The number of hydrogen-bond acceptors (Lipinski definition) is 8. The van der Waals surface area contributed by atoms with Crippen LogP contribution in [0.25, 0.3) is 22.5 Å². The number of nitrogens with zero attached hydrogens (tertiary/aromatic N) is 4. The maximum atomic E-state index is 12.6. The molecule has 0 radical (unpaired) electrons. The van der Waals surface area contributed by atoms with Gasteiger partial charge in [0.25, 0.3) is 5.91 Å². The summed E-state index contributed by atoms with van der Waals surface area (Å²) in [6.07, 6.45) is 1.52. The summed E-state index contributed by atoms with van der Waals surface area (Å²) in [5.41, 5.74) is 3.49. The van der Waals surface area contributed by atoms with Gasteiger partial charge in [-0.1, -0.05) is 35.5 Å². The summed E-state index contributed by atoms with van der Waals surface area (Å²) in [7, 11) is 0. The minimum Gasteiger partial charge on any atom is -0.395 e. The maximum Gasteiger partial charge on any atom is 0.433 e. The lowest BCUT2D eigenvalue weighted by molar-refractivity contribution is -0.402. The van der Waals surface area contributed by atoms with E-state index in [2.05, 4.69) is 5.16 Å². The summed E-state index contributed by atoms with van der Waals surface area (Å²) in [5, 5.41) is 18.1. The quantitative estimate of drug-likeness (QED) is 0.291. The van der Waals surface area contributed by atoms with E-state index in [9.17, 15) is 14.9 Å².